The van der Waals surface area contributed by atoms with E-state index < -0.39 is 5.97 Å². The lowest BCUT2D eigenvalue weighted by Crippen LogP contribution is -2.05. The molecule has 0 radical (unpaired) electrons. The highest BCUT2D eigenvalue weighted by molar-refractivity contribution is 6.09. The van der Waals surface area contributed by atoms with Crippen LogP contribution in [0.5, 0.6) is 5.75 Å². The summed E-state index contributed by atoms with van der Waals surface area (Å²) in [6, 6.07) is 14.2. The number of carboxylic acid groups (broad SMARTS) is 1. The third-order valence-electron chi connectivity index (χ3n) is 3.62. The van der Waals surface area contributed by atoms with Gasteiger partial charge in [-0.25, -0.2) is 4.79 Å². The van der Waals surface area contributed by atoms with E-state index in [1.54, 1.807) is 36.4 Å². The molecule has 0 fully saturated rings. The van der Waals surface area contributed by atoms with E-state index in [1.165, 1.54) is 0 Å². The first-order valence-corrected chi connectivity index (χ1v) is 7.92. The van der Waals surface area contributed by atoms with Crippen molar-refractivity contribution in [2.45, 2.75) is 13.3 Å². The highest BCUT2D eigenvalue weighted by Gasteiger charge is 2.09. The van der Waals surface area contributed by atoms with Crippen LogP contribution < -0.4 is 4.74 Å². The molecular formula is C21H20O4. The molecule has 0 spiro atoms. The molecule has 0 aliphatic heterocycles. The number of hydrogen-bond acceptors (Lipinski definition) is 3. The standard InChI is InChI=1S/C21H20O4/c1-3-4-16-5-7-17(8-6-16)20(22)18-9-11-19(12-10-18)25-14-13-15(2)21(23)24/h3-12H,2,13-14H2,1H3,(H,23,24). The monoisotopic (exact) mass is 336 g/mol. The first-order chi connectivity index (χ1) is 12.0. The Morgan fingerprint density at radius 2 is 1.60 bits per heavy atom. The quantitative estimate of drug-likeness (QED) is 0.574. The number of ketones is 1. The molecule has 0 heterocycles. The molecule has 0 aromatic heterocycles. The lowest BCUT2D eigenvalue weighted by Gasteiger charge is -2.07. The normalized spacial score (nSPS) is 10.6. The lowest BCUT2D eigenvalue weighted by molar-refractivity contribution is -0.132. The number of carboxylic acids is 1. The van der Waals surface area contributed by atoms with Crippen LogP contribution in [0.4, 0.5) is 0 Å². The maximum absolute atomic E-state index is 12.5. The number of ether oxygens (including phenoxy) is 1. The zero-order valence-corrected chi connectivity index (χ0v) is 14.1. The fourth-order valence-electron chi connectivity index (χ4n) is 2.21. The summed E-state index contributed by atoms with van der Waals surface area (Å²) in [5.41, 5.74) is 2.35. The van der Waals surface area contributed by atoms with Gasteiger partial charge in [0.1, 0.15) is 5.75 Å². The molecule has 25 heavy (non-hydrogen) atoms. The van der Waals surface area contributed by atoms with Crippen molar-refractivity contribution in [3.05, 3.63) is 83.4 Å². The van der Waals surface area contributed by atoms with Gasteiger partial charge in [0.2, 0.25) is 0 Å². The molecule has 2 aromatic rings. The van der Waals surface area contributed by atoms with Crippen LogP contribution in [0.1, 0.15) is 34.8 Å². The zero-order valence-electron chi connectivity index (χ0n) is 14.1. The van der Waals surface area contributed by atoms with Crippen molar-refractivity contribution >= 4 is 17.8 Å². The van der Waals surface area contributed by atoms with E-state index in [4.69, 9.17) is 9.84 Å². The molecule has 0 saturated heterocycles. The van der Waals surface area contributed by atoms with E-state index >= 15 is 0 Å². The fourth-order valence-corrected chi connectivity index (χ4v) is 2.21. The Morgan fingerprint density at radius 1 is 1.04 bits per heavy atom. The third kappa shape index (κ3) is 5.18. The van der Waals surface area contributed by atoms with Crippen molar-refractivity contribution in [1.29, 1.82) is 0 Å². The number of rotatable bonds is 8. The van der Waals surface area contributed by atoms with E-state index in [9.17, 15) is 9.59 Å². The van der Waals surface area contributed by atoms with Gasteiger partial charge in [-0.05, 0) is 36.8 Å². The van der Waals surface area contributed by atoms with Gasteiger partial charge in [-0.3, -0.25) is 4.79 Å². The Bertz CT molecular complexity index is 784. The molecule has 0 saturated carbocycles. The summed E-state index contributed by atoms with van der Waals surface area (Å²) in [6.07, 6.45) is 4.16. The number of hydrogen-bond donors (Lipinski definition) is 1. The van der Waals surface area contributed by atoms with Gasteiger partial charge in [0.15, 0.2) is 5.78 Å². The van der Waals surface area contributed by atoms with Gasteiger partial charge in [-0.2, -0.15) is 0 Å². The predicted molar refractivity (Wildman–Crippen MR) is 97.9 cm³/mol. The number of aliphatic carboxylic acids is 1. The SMILES string of the molecule is C=C(CCOc1ccc(C(=O)c2ccc(C=CC)cc2)cc1)C(=O)O. The van der Waals surface area contributed by atoms with Crippen molar-refractivity contribution in [1.82, 2.24) is 0 Å². The van der Waals surface area contributed by atoms with E-state index in [-0.39, 0.29) is 24.4 Å². The maximum Gasteiger partial charge on any atom is 0.331 e. The minimum atomic E-state index is -1.02. The molecule has 0 aliphatic carbocycles. The maximum atomic E-state index is 12.5. The molecule has 0 amide bonds. The second-order valence-electron chi connectivity index (χ2n) is 5.48. The largest absolute Gasteiger partial charge is 0.493 e. The van der Waals surface area contributed by atoms with Crippen LogP contribution in [0, 0.1) is 0 Å². The van der Waals surface area contributed by atoms with Gasteiger partial charge >= 0.3 is 5.97 Å². The zero-order chi connectivity index (χ0) is 18.2. The molecule has 128 valence electrons. The smallest absolute Gasteiger partial charge is 0.331 e. The second-order valence-corrected chi connectivity index (χ2v) is 5.48. The minimum absolute atomic E-state index is 0.0576. The average Bonchev–Trinajstić information content (AvgIpc) is 2.62. The van der Waals surface area contributed by atoms with Crippen LogP contribution in [0.2, 0.25) is 0 Å². The molecule has 0 unspecified atom stereocenters. The lowest BCUT2D eigenvalue weighted by atomic mass is 10.0. The highest BCUT2D eigenvalue weighted by Crippen LogP contribution is 2.17. The van der Waals surface area contributed by atoms with Crippen molar-refractivity contribution in [3.8, 4) is 5.75 Å². The number of benzene rings is 2. The fraction of sp³-hybridized carbons (Fsp3) is 0.143. The Labute approximate surface area is 147 Å². The summed E-state index contributed by atoms with van der Waals surface area (Å²) in [5, 5.41) is 8.74. The first kappa shape index (κ1) is 18.2. The Balaban J connectivity index is 1.97. The van der Waals surface area contributed by atoms with Crippen molar-refractivity contribution in [3.63, 3.8) is 0 Å². The molecule has 2 rings (SSSR count). The Morgan fingerprint density at radius 3 is 2.12 bits per heavy atom. The molecule has 4 nitrogen and oxygen atoms in total. The number of allylic oxidation sites excluding steroid dienone is 1. The summed E-state index contributed by atoms with van der Waals surface area (Å²) >= 11 is 0. The van der Waals surface area contributed by atoms with Crippen LogP contribution in [0.3, 0.4) is 0 Å². The van der Waals surface area contributed by atoms with E-state index in [0.29, 0.717) is 16.9 Å². The van der Waals surface area contributed by atoms with Gasteiger partial charge < -0.3 is 9.84 Å². The van der Waals surface area contributed by atoms with E-state index in [0.717, 1.165) is 5.56 Å². The number of carbonyl (C=O) groups is 2. The molecule has 4 heteroatoms. The van der Waals surface area contributed by atoms with E-state index in [2.05, 4.69) is 6.58 Å². The van der Waals surface area contributed by atoms with Crippen LogP contribution in [-0.4, -0.2) is 23.5 Å². The molecule has 0 atom stereocenters. The summed E-state index contributed by atoms with van der Waals surface area (Å²) < 4.78 is 5.47. The Kier molecular flexibility index (Phi) is 6.29. The third-order valence-corrected chi connectivity index (χ3v) is 3.62. The molecular weight excluding hydrogens is 316 g/mol. The van der Waals surface area contributed by atoms with Gasteiger partial charge in [-0.15, -0.1) is 0 Å². The molecule has 2 aromatic carbocycles. The average molecular weight is 336 g/mol. The molecule has 0 aliphatic rings. The van der Waals surface area contributed by atoms with Crippen LogP contribution in [-0.2, 0) is 4.79 Å². The Hall–Kier alpha value is -3.14. The van der Waals surface area contributed by atoms with Crippen LogP contribution >= 0.6 is 0 Å². The topological polar surface area (TPSA) is 63.6 Å². The van der Waals surface area contributed by atoms with Crippen LogP contribution in [0.25, 0.3) is 6.08 Å². The van der Waals surface area contributed by atoms with Gasteiger partial charge in [0.05, 0.1) is 6.61 Å². The molecule has 1 N–H and O–H groups in total. The van der Waals surface area contributed by atoms with Crippen molar-refractivity contribution in [2.24, 2.45) is 0 Å². The summed E-state index contributed by atoms with van der Waals surface area (Å²) in [7, 11) is 0. The molecule has 0 bridgehead atoms. The second kappa shape index (κ2) is 8.64. The van der Waals surface area contributed by atoms with Crippen LogP contribution in [0.15, 0.2) is 66.8 Å². The van der Waals surface area contributed by atoms with Crippen molar-refractivity contribution < 1.29 is 19.4 Å². The first-order valence-electron chi connectivity index (χ1n) is 7.92. The highest BCUT2D eigenvalue weighted by atomic mass is 16.5. The summed E-state index contributed by atoms with van der Waals surface area (Å²) in [4.78, 5) is 23.1. The van der Waals surface area contributed by atoms with E-state index in [1.807, 2.05) is 31.2 Å². The summed E-state index contributed by atoms with van der Waals surface area (Å²) in [6.45, 7) is 5.62. The van der Waals surface area contributed by atoms with Gasteiger partial charge in [0, 0.05) is 23.1 Å². The predicted octanol–water partition coefficient (Wildman–Crippen LogP) is 4.36. The minimum Gasteiger partial charge on any atom is -0.493 e. The van der Waals surface area contributed by atoms with Gasteiger partial charge in [-0.1, -0.05) is 43.0 Å². The van der Waals surface area contributed by atoms with Gasteiger partial charge in [0.25, 0.3) is 0 Å². The summed E-state index contributed by atoms with van der Waals surface area (Å²) in [5.74, 6) is -0.499. The van der Waals surface area contributed by atoms with Crippen molar-refractivity contribution in [2.75, 3.05) is 6.61 Å². The number of carbonyl (C=O) groups excluding carboxylic acids is 1.